The lowest BCUT2D eigenvalue weighted by Crippen LogP contribution is -2.45. The van der Waals surface area contributed by atoms with E-state index in [9.17, 15) is 4.21 Å². The average Bonchev–Trinajstić information content (AvgIpc) is 2.77. The van der Waals surface area contributed by atoms with Crippen LogP contribution in [0.5, 0.6) is 0 Å². The van der Waals surface area contributed by atoms with Crippen molar-refractivity contribution in [3.8, 4) is 6.07 Å². The van der Waals surface area contributed by atoms with Crippen molar-refractivity contribution in [2.24, 2.45) is 0 Å². The second kappa shape index (κ2) is 5.31. The Hall–Kier alpha value is -1.48. The van der Waals surface area contributed by atoms with Crippen LogP contribution < -0.4 is 5.32 Å². The van der Waals surface area contributed by atoms with E-state index >= 15 is 0 Å². The van der Waals surface area contributed by atoms with Gasteiger partial charge in [-0.25, -0.2) is 9.97 Å². The fourth-order valence-corrected chi connectivity index (χ4v) is 4.27. The minimum atomic E-state index is -1.03. The lowest BCUT2D eigenvalue weighted by Gasteiger charge is -2.41. The molecule has 1 fully saturated rings. The summed E-state index contributed by atoms with van der Waals surface area (Å²) in [5, 5.41) is 12.6. The van der Waals surface area contributed by atoms with Gasteiger partial charge in [0.25, 0.3) is 0 Å². The van der Waals surface area contributed by atoms with Crippen molar-refractivity contribution in [1.29, 1.82) is 5.26 Å². The van der Waals surface area contributed by atoms with Gasteiger partial charge in [-0.15, -0.1) is 0 Å². The molecule has 1 unspecified atom stereocenters. The van der Waals surface area contributed by atoms with Gasteiger partial charge >= 0.3 is 0 Å². The summed E-state index contributed by atoms with van der Waals surface area (Å²) in [5.74, 6) is 2.09. The third-order valence-corrected chi connectivity index (χ3v) is 5.93. The van der Waals surface area contributed by atoms with Gasteiger partial charge in [-0.05, 0) is 19.3 Å². The van der Waals surface area contributed by atoms with E-state index in [1.165, 1.54) is 0 Å². The molecule has 3 rings (SSSR count). The first-order chi connectivity index (χ1) is 10.3. The van der Waals surface area contributed by atoms with Crippen LogP contribution in [0.2, 0.25) is 0 Å². The van der Waals surface area contributed by atoms with Crippen molar-refractivity contribution in [2.45, 2.75) is 68.7 Å². The van der Waals surface area contributed by atoms with Crippen molar-refractivity contribution in [2.75, 3.05) is 11.1 Å². The van der Waals surface area contributed by atoms with Gasteiger partial charge in [0.1, 0.15) is 16.5 Å². The Kier molecular flexibility index (Phi) is 3.72. The highest BCUT2D eigenvalue weighted by Gasteiger charge is 2.39. The van der Waals surface area contributed by atoms with Crippen LogP contribution >= 0.6 is 0 Å². The fourth-order valence-electron chi connectivity index (χ4n) is 2.97. The molecule has 0 saturated heterocycles. The van der Waals surface area contributed by atoms with Crippen LogP contribution in [0.1, 0.15) is 58.0 Å². The van der Waals surface area contributed by atoms with E-state index in [4.69, 9.17) is 10.2 Å². The van der Waals surface area contributed by atoms with E-state index in [1.54, 1.807) is 0 Å². The van der Waals surface area contributed by atoms with Gasteiger partial charge in [0.2, 0.25) is 0 Å². The predicted octanol–water partition coefficient (Wildman–Crippen LogP) is 2.69. The lowest BCUT2D eigenvalue weighted by atomic mass is 9.74. The van der Waals surface area contributed by atoms with Crippen LogP contribution in [0.25, 0.3) is 0 Å². The number of aryl methyl sites for hydroxylation is 1. The number of hydrogen-bond donors (Lipinski definition) is 1. The molecule has 118 valence electrons. The maximum absolute atomic E-state index is 12.3. The highest BCUT2D eigenvalue weighted by atomic mass is 32.2. The third-order valence-electron chi connectivity index (χ3n) is 4.47. The summed E-state index contributed by atoms with van der Waals surface area (Å²) < 4.78 is 12.3. The molecule has 1 N–H and O–H groups in total. The zero-order valence-electron chi connectivity index (χ0n) is 13.4. The molecule has 22 heavy (non-hydrogen) atoms. The maximum atomic E-state index is 12.3. The fraction of sp³-hybridized carbons (Fsp3) is 0.688. The summed E-state index contributed by atoms with van der Waals surface area (Å²) in [6.07, 6.45) is 4.27. The molecule has 0 amide bonds. The summed E-state index contributed by atoms with van der Waals surface area (Å²) in [6.45, 7) is 6.25. The number of aromatic nitrogens is 2. The number of nitrogens with zero attached hydrogens (tertiary/aromatic N) is 3. The molecule has 0 bridgehead atoms. The van der Waals surface area contributed by atoms with Crippen molar-refractivity contribution < 1.29 is 4.21 Å². The summed E-state index contributed by atoms with van der Waals surface area (Å²) in [5.41, 5.74) is 0.559. The summed E-state index contributed by atoms with van der Waals surface area (Å²) >= 11 is 0. The molecular weight excluding hydrogens is 296 g/mol. The molecule has 6 heteroatoms. The van der Waals surface area contributed by atoms with Crippen LogP contribution in [0, 0.1) is 11.3 Å². The number of nitrogens with one attached hydrogen (secondary N) is 1. The van der Waals surface area contributed by atoms with Crippen molar-refractivity contribution in [3.63, 3.8) is 0 Å². The quantitative estimate of drug-likeness (QED) is 0.927. The zero-order valence-corrected chi connectivity index (χ0v) is 14.2. The Morgan fingerprint density at radius 2 is 2.09 bits per heavy atom. The molecule has 2 aliphatic rings. The van der Waals surface area contributed by atoms with Gasteiger partial charge in [-0.1, -0.05) is 20.8 Å². The molecule has 0 radical (unpaired) electrons. The van der Waals surface area contributed by atoms with E-state index in [1.807, 2.05) is 0 Å². The minimum absolute atomic E-state index is 0.155. The average molecular weight is 318 g/mol. The molecule has 0 spiro atoms. The standard InChI is InChI=1S/C16H22N4OS/c1-15(2,3)14-18-11-5-10-22(21)12(11)13(19-14)20-16(8-9-17)6-4-7-16/h4-8,10H2,1-3H3,(H,18,19,20). The number of nitriles is 1. The van der Waals surface area contributed by atoms with Gasteiger partial charge in [0.05, 0.1) is 34.5 Å². The minimum Gasteiger partial charge on any atom is -0.362 e. The molecule has 1 saturated carbocycles. The number of fused-ring (bicyclic) bond motifs is 1. The molecule has 1 aliphatic carbocycles. The van der Waals surface area contributed by atoms with Gasteiger partial charge in [-0.2, -0.15) is 5.26 Å². The molecular formula is C16H22N4OS. The second-order valence-electron chi connectivity index (χ2n) is 7.32. The van der Waals surface area contributed by atoms with Crippen molar-refractivity contribution in [1.82, 2.24) is 9.97 Å². The van der Waals surface area contributed by atoms with Gasteiger partial charge in [-0.3, -0.25) is 4.21 Å². The summed E-state index contributed by atoms with van der Waals surface area (Å²) in [6, 6.07) is 2.27. The van der Waals surface area contributed by atoms with Crippen LogP contribution in [0.3, 0.4) is 0 Å². The summed E-state index contributed by atoms with van der Waals surface area (Å²) in [7, 11) is -1.03. The largest absolute Gasteiger partial charge is 0.362 e. The van der Waals surface area contributed by atoms with E-state index in [-0.39, 0.29) is 11.0 Å². The molecule has 1 atom stereocenters. The zero-order chi connectivity index (χ0) is 16.0. The Labute approximate surface area is 134 Å². The third kappa shape index (κ3) is 2.63. The number of anilines is 1. The van der Waals surface area contributed by atoms with Crippen LogP contribution in [0.15, 0.2) is 4.90 Å². The second-order valence-corrected chi connectivity index (χ2v) is 8.82. The highest BCUT2D eigenvalue weighted by Crippen LogP contribution is 2.40. The van der Waals surface area contributed by atoms with E-state index in [0.29, 0.717) is 18.0 Å². The highest BCUT2D eigenvalue weighted by molar-refractivity contribution is 7.85. The Bertz CT molecular complexity index is 668. The van der Waals surface area contributed by atoms with Gasteiger partial charge < -0.3 is 5.32 Å². The van der Waals surface area contributed by atoms with Gasteiger partial charge in [0, 0.05) is 17.6 Å². The Balaban J connectivity index is 2.04. The Morgan fingerprint density at radius 1 is 1.36 bits per heavy atom. The van der Waals surface area contributed by atoms with Gasteiger partial charge in [0.15, 0.2) is 0 Å². The summed E-state index contributed by atoms with van der Waals surface area (Å²) in [4.78, 5) is 10.1. The first kappa shape index (κ1) is 15.4. The van der Waals surface area contributed by atoms with E-state index in [0.717, 1.165) is 42.1 Å². The Morgan fingerprint density at radius 3 is 2.64 bits per heavy atom. The molecule has 5 nitrogen and oxygen atoms in total. The van der Waals surface area contributed by atoms with E-state index < -0.39 is 10.8 Å². The number of hydrogen-bond acceptors (Lipinski definition) is 5. The van der Waals surface area contributed by atoms with Crippen molar-refractivity contribution in [3.05, 3.63) is 11.5 Å². The van der Waals surface area contributed by atoms with Crippen LogP contribution in [-0.2, 0) is 22.6 Å². The smallest absolute Gasteiger partial charge is 0.146 e. The van der Waals surface area contributed by atoms with Crippen LogP contribution in [0.4, 0.5) is 5.82 Å². The molecule has 2 heterocycles. The number of rotatable bonds is 3. The topological polar surface area (TPSA) is 78.7 Å². The SMILES string of the molecule is CC(C)(C)c1nc2c(c(NC3(CC#N)CCC3)n1)S(=O)CC2. The molecule has 1 aliphatic heterocycles. The molecule has 1 aromatic heterocycles. The first-order valence-electron chi connectivity index (χ1n) is 7.80. The van der Waals surface area contributed by atoms with Crippen molar-refractivity contribution >= 4 is 16.6 Å². The normalized spacial score (nSPS) is 22.5. The predicted molar refractivity (Wildman–Crippen MR) is 86.1 cm³/mol. The van der Waals surface area contributed by atoms with Crippen LogP contribution in [-0.4, -0.2) is 25.5 Å². The monoisotopic (exact) mass is 318 g/mol. The van der Waals surface area contributed by atoms with E-state index in [2.05, 4.69) is 37.1 Å². The lowest BCUT2D eigenvalue weighted by molar-refractivity contribution is 0.282. The first-order valence-corrected chi connectivity index (χ1v) is 9.11. The molecule has 1 aromatic rings. The maximum Gasteiger partial charge on any atom is 0.146 e. The molecule has 0 aromatic carbocycles.